The molecule has 8 nitrogen and oxygen atoms in total. The highest BCUT2D eigenvalue weighted by Crippen LogP contribution is 2.24. The predicted octanol–water partition coefficient (Wildman–Crippen LogP) is 2.72. The van der Waals surface area contributed by atoms with Crippen molar-refractivity contribution in [1.82, 2.24) is 9.97 Å². The zero-order valence-electron chi connectivity index (χ0n) is 14.6. The van der Waals surface area contributed by atoms with Gasteiger partial charge in [-0.05, 0) is 23.8 Å². The van der Waals surface area contributed by atoms with E-state index in [-0.39, 0.29) is 17.3 Å². The van der Waals surface area contributed by atoms with E-state index in [1.54, 1.807) is 30.3 Å². The molecular weight excluding hydrogens is 424 g/mol. The van der Waals surface area contributed by atoms with Gasteiger partial charge in [0.05, 0.1) is 0 Å². The van der Waals surface area contributed by atoms with E-state index in [0.717, 1.165) is 4.47 Å². The fourth-order valence-electron chi connectivity index (χ4n) is 2.52. The van der Waals surface area contributed by atoms with Crippen LogP contribution in [0.1, 0.15) is 22.0 Å². The summed E-state index contributed by atoms with van der Waals surface area (Å²) in [6.07, 6.45) is 1.29. The van der Waals surface area contributed by atoms with Crippen LogP contribution in [0.3, 0.4) is 0 Å². The zero-order valence-corrected chi connectivity index (χ0v) is 16.2. The predicted molar refractivity (Wildman–Crippen MR) is 110 cm³/mol. The van der Waals surface area contributed by atoms with Crippen molar-refractivity contribution in [3.63, 3.8) is 0 Å². The number of primary amides is 2. The number of nitrogens with two attached hydrogens (primary N) is 2. The van der Waals surface area contributed by atoms with Gasteiger partial charge in [0, 0.05) is 16.4 Å². The molecule has 9 heteroatoms. The first-order valence-corrected chi connectivity index (χ1v) is 9.03. The minimum atomic E-state index is -0.834. The molecule has 142 valence electrons. The number of nitrogens with zero attached hydrogens (tertiary/aromatic N) is 2. The topological polar surface area (TPSA) is 136 Å². The van der Waals surface area contributed by atoms with Crippen LogP contribution in [0.2, 0.25) is 0 Å². The molecule has 0 saturated carbocycles. The molecule has 3 rings (SSSR count). The number of carbonyl (C=O) groups excluding carboxylic acids is 2. The quantitative estimate of drug-likeness (QED) is 0.445. The maximum absolute atomic E-state index is 11.9. The Kier molecular flexibility index (Phi) is 5.85. The third-order valence-corrected chi connectivity index (χ3v) is 4.33. The highest BCUT2D eigenvalue weighted by molar-refractivity contribution is 9.10. The van der Waals surface area contributed by atoms with Crippen molar-refractivity contribution in [2.75, 3.05) is 10.6 Å². The van der Waals surface area contributed by atoms with Gasteiger partial charge >= 0.3 is 0 Å². The van der Waals surface area contributed by atoms with Crippen LogP contribution in [-0.2, 0) is 4.79 Å². The van der Waals surface area contributed by atoms with Gasteiger partial charge in [-0.1, -0.05) is 52.3 Å². The number of carbonyl (C=O) groups is 2. The average Bonchev–Trinajstić information content (AvgIpc) is 2.66. The minimum Gasteiger partial charge on any atom is -0.368 e. The minimum absolute atomic E-state index is 0.112. The molecule has 0 saturated heterocycles. The number of anilines is 3. The van der Waals surface area contributed by atoms with Crippen molar-refractivity contribution in [1.29, 1.82) is 0 Å². The normalized spacial score (nSPS) is 11.5. The van der Waals surface area contributed by atoms with Gasteiger partial charge in [-0.2, -0.15) is 4.98 Å². The first kappa shape index (κ1) is 19.3. The lowest BCUT2D eigenvalue weighted by molar-refractivity contribution is -0.118. The Labute approximate surface area is 169 Å². The summed E-state index contributed by atoms with van der Waals surface area (Å²) in [4.78, 5) is 32.0. The summed E-state index contributed by atoms with van der Waals surface area (Å²) >= 11 is 3.38. The lowest BCUT2D eigenvalue weighted by Gasteiger charge is -2.17. The Morgan fingerprint density at radius 3 is 2.43 bits per heavy atom. The van der Waals surface area contributed by atoms with E-state index in [1.807, 2.05) is 24.3 Å². The third kappa shape index (κ3) is 4.63. The number of hydrogen-bond donors (Lipinski definition) is 4. The van der Waals surface area contributed by atoms with Crippen LogP contribution in [0.25, 0.3) is 0 Å². The van der Waals surface area contributed by atoms with Gasteiger partial charge in [0.15, 0.2) is 0 Å². The maximum Gasteiger partial charge on any atom is 0.254 e. The van der Waals surface area contributed by atoms with Gasteiger partial charge in [0.25, 0.3) is 5.91 Å². The fraction of sp³-hybridized carbons (Fsp3) is 0.0526. The molecule has 2 aromatic carbocycles. The largest absolute Gasteiger partial charge is 0.368 e. The molecular formula is C19H17BrN6O2. The number of amides is 2. The highest BCUT2D eigenvalue weighted by Gasteiger charge is 2.20. The van der Waals surface area contributed by atoms with Gasteiger partial charge < -0.3 is 22.1 Å². The van der Waals surface area contributed by atoms with Crippen molar-refractivity contribution >= 4 is 45.2 Å². The molecule has 0 bridgehead atoms. The van der Waals surface area contributed by atoms with Crippen LogP contribution in [0.15, 0.2) is 65.3 Å². The molecule has 2 amide bonds. The number of halogens is 1. The summed E-state index contributed by atoms with van der Waals surface area (Å²) in [5.74, 6) is -0.941. The van der Waals surface area contributed by atoms with Gasteiger partial charge in [0.2, 0.25) is 11.9 Å². The van der Waals surface area contributed by atoms with E-state index in [9.17, 15) is 9.59 Å². The van der Waals surface area contributed by atoms with Gasteiger partial charge in [0.1, 0.15) is 17.4 Å². The molecule has 0 spiro atoms. The Hall–Kier alpha value is -3.46. The molecule has 1 unspecified atom stereocenters. The summed E-state index contributed by atoms with van der Waals surface area (Å²) in [5, 5.41) is 5.94. The summed E-state index contributed by atoms with van der Waals surface area (Å²) < 4.78 is 0.850. The Morgan fingerprint density at radius 1 is 1.04 bits per heavy atom. The Bertz CT molecular complexity index is 1010. The van der Waals surface area contributed by atoms with Crippen molar-refractivity contribution < 1.29 is 9.59 Å². The van der Waals surface area contributed by atoms with E-state index in [1.165, 1.54) is 6.20 Å². The second-order valence-electron chi connectivity index (χ2n) is 5.85. The molecule has 0 aliphatic carbocycles. The third-order valence-electron chi connectivity index (χ3n) is 3.83. The number of benzene rings is 2. The van der Waals surface area contributed by atoms with E-state index in [2.05, 4.69) is 36.5 Å². The Balaban J connectivity index is 1.93. The number of hydrogen-bond acceptors (Lipinski definition) is 6. The summed E-state index contributed by atoms with van der Waals surface area (Å²) in [7, 11) is 0. The summed E-state index contributed by atoms with van der Waals surface area (Å²) in [6, 6.07) is 15.4. The molecule has 3 aromatic rings. The number of aromatic nitrogens is 2. The van der Waals surface area contributed by atoms with Gasteiger partial charge in [-0.3, -0.25) is 9.59 Å². The first-order chi connectivity index (χ1) is 13.4. The molecule has 1 atom stereocenters. The van der Waals surface area contributed by atoms with E-state index in [0.29, 0.717) is 11.3 Å². The van der Waals surface area contributed by atoms with Gasteiger partial charge in [-0.25, -0.2) is 4.98 Å². The number of nitrogens with one attached hydrogen (secondary N) is 2. The maximum atomic E-state index is 11.9. The molecule has 0 aliphatic heterocycles. The van der Waals surface area contributed by atoms with Crippen LogP contribution < -0.4 is 22.1 Å². The smallest absolute Gasteiger partial charge is 0.254 e. The van der Waals surface area contributed by atoms with Crippen molar-refractivity contribution in [2.24, 2.45) is 11.5 Å². The molecule has 0 aliphatic rings. The van der Waals surface area contributed by atoms with E-state index in [4.69, 9.17) is 11.5 Å². The van der Waals surface area contributed by atoms with Crippen molar-refractivity contribution in [3.05, 3.63) is 76.4 Å². The molecule has 6 N–H and O–H groups in total. The van der Waals surface area contributed by atoms with Crippen LogP contribution in [0, 0.1) is 0 Å². The molecule has 1 heterocycles. The second-order valence-corrected chi connectivity index (χ2v) is 6.76. The average molecular weight is 441 g/mol. The fourth-order valence-corrected chi connectivity index (χ4v) is 2.92. The van der Waals surface area contributed by atoms with Crippen LogP contribution in [0.5, 0.6) is 0 Å². The first-order valence-electron chi connectivity index (χ1n) is 8.24. The Morgan fingerprint density at radius 2 is 1.79 bits per heavy atom. The lowest BCUT2D eigenvalue weighted by Crippen LogP contribution is -2.28. The summed E-state index contributed by atoms with van der Waals surface area (Å²) in [6.45, 7) is 0. The highest BCUT2D eigenvalue weighted by atomic mass is 79.9. The second kappa shape index (κ2) is 8.49. The number of rotatable bonds is 7. The zero-order chi connectivity index (χ0) is 20.1. The van der Waals surface area contributed by atoms with Crippen molar-refractivity contribution in [3.8, 4) is 0 Å². The monoisotopic (exact) mass is 440 g/mol. The van der Waals surface area contributed by atoms with E-state index >= 15 is 0 Å². The summed E-state index contributed by atoms with van der Waals surface area (Å²) in [5.41, 5.74) is 12.4. The van der Waals surface area contributed by atoms with E-state index < -0.39 is 17.9 Å². The van der Waals surface area contributed by atoms with Crippen molar-refractivity contribution in [2.45, 2.75) is 6.04 Å². The van der Waals surface area contributed by atoms with Crippen LogP contribution in [-0.4, -0.2) is 21.8 Å². The van der Waals surface area contributed by atoms with Crippen LogP contribution >= 0.6 is 15.9 Å². The molecule has 0 radical (unpaired) electrons. The van der Waals surface area contributed by atoms with Crippen LogP contribution in [0.4, 0.5) is 17.5 Å². The molecule has 1 aromatic heterocycles. The molecule has 28 heavy (non-hydrogen) atoms. The lowest BCUT2D eigenvalue weighted by atomic mass is 10.1. The SMILES string of the molecule is NC(=O)c1cnc(NC(C(N)=O)c2ccccc2)nc1Nc1cccc(Br)c1. The standard InChI is InChI=1S/C19H17BrN6O2/c20-12-7-4-8-13(9-12)24-18-14(16(21)27)10-23-19(26-18)25-15(17(22)28)11-5-2-1-3-6-11/h1-10,15H,(H2,21,27)(H2,22,28)(H2,23,24,25,26). The molecule has 0 fully saturated rings. The van der Waals surface area contributed by atoms with Gasteiger partial charge in [-0.15, -0.1) is 0 Å².